The van der Waals surface area contributed by atoms with E-state index in [0.29, 0.717) is 30.0 Å². The van der Waals surface area contributed by atoms with Gasteiger partial charge in [-0.05, 0) is 17.7 Å². The number of hydrogen-bond donors (Lipinski definition) is 1. The van der Waals surface area contributed by atoms with Crippen LogP contribution in [0.2, 0.25) is 0 Å². The zero-order chi connectivity index (χ0) is 16.7. The Morgan fingerprint density at radius 2 is 2.08 bits per heavy atom. The molecule has 0 radical (unpaired) electrons. The van der Waals surface area contributed by atoms with E-state index in [1.54, 1.807) is 12.1 Å². The van der Waals surface area contributed by atoms with Crippen LogP contribution in [0.3, 0.4) is 0 Å². The van der Waals surface area contributed by atoms with E-state index in [0.717, 1.165) is 11.1 Å². The van der Waals surface area contributed by atoms with Crippen LogP contribution < -0.4 is 5.56 Å². The minimum absolute atomic E-state index is 0.0358. The summed E-state index contributed by atoms with van der Waals surface area (Å²) in [7, 11) is 0. The fourth-order valence-corrected chi connectivity index (χ4v) is 3.81. The topological polar surface area (TPSA) is 64.4 Å². The number of rotatable bonds is 4. The van der Waals surface area contributed by atoms with Gasteiger partial charge in [-0.2, -0.15) is 0 Å². The predicted molar refractivity (Wildman–Crippen MR) is 89.6 cm³/mol. The Kier molecular flexibility index (Phi) is 3.71. The van der Waals surface area contributed by atoms with Crippen molar-refractivity contribution >= 4 is 21.6 Å². The molecule has 0 atom stereocenters. The molecule has 124 valence electrons. The van der Waals surface area contributed by atoms with Crippen molar-refractivity contribution in [3.8, 4) is 11.1 Å². The maximum absolute atomic E-state index is 13.1. The number of nitrogens with zero attached hydrogens (tertiary/aromatic N) is 2. The summed E-state index contributed by atoms with van der Waals surface area (Å²) in [6, 6.07) is 6.06. The number of benzene rings is 1. The average molecular weight is 346 g/mol. The second-order valence-electron chi connectivity index (χ2n) is 6.16. The molecular weight excluding hydrogens is 331 g/mol. The summed E-state index contributed by atoms with van der Waals surface area (Å²) in [4.78, 5) is 17.9. The molecular formula is C17H15FN2O3S. The van der Waals surface area contributed by atoms with Crippen molar-refractivity contribution in [2.75, 3.05) is 19.8 Å². The van der Waals surface area contributed by atoms with Gasteiger partial charge in [-0.1, -0.05) is 12.1 Å². The Bertz CT molecular complexity index is 939. The third-order valence-electron chi connectivity index (χ3n) is 4.37. The summed E-state index contributed by atoms with van der Waals surface area (Å²) in [5, 5.41) is 12.0. The molecule has 1 N–H and O–H groups in total. The van der Waals surface area contributed by atoms with Gasteiger partial charge in [-0.3, -0.25) is 9.36 Å². The van der Waals surface area contributed by atoms with E-state index in [9.17, 15) is 14.3 Å². The maximum atomic E-state index is 13.1. The smallest absolute Gasteiger partial charge is 0.262 e. The number of aliphatic hydroxyl groups excluding tert-OH is 1. The number of aliphatic hydroxyl groups is 1. The number of thiophene rings is 1. The SMILES string of the molecule is O=c1c2c(-c3ccc(F)cc3)csc2ncn1CC1(CO)COC1. The van der Waals surface area contributed by atoms with Gasteiger partial charge in [0.25, 0.3) is 5.56 Å². The summed E-state index contributed by atoms with van der Waals surface area (Å²) in [5.41, 5.74) is 0.971. The van der Waals surface area contributed by atoms with Gasteiger partial charge in [0, 0.05) is 17.5 Å². The molecule has 5 nitrogen and oxygen atoms in total. The lowest BCUT2D eigenvalue weighted by atomic mass is 9.87. The van der Waals surface area contributed by atoms with Gasteiger partial charge in [-0.25, -0.2) is 9.37 Å². The van der Waals surface area contributed by atoms with Crippen molar-refractivity contribution in [2.24, 2.45) is 5.41 Å². The summed E-state index contributed by atoms with van der Waals surface area (Å²) in [5.74, 6) is -0.316. The van der Waals surface area contributed by atoms with Crippen molar-refractivity contribution in [1.82, 2.24) is 9.55 Å². The lowest BCUT2D eigenvalue weighted by Gasteiger charge is -2.39. The van der Waals surface area contributed by atoms with E-state index in [4.69, 9.17) is 4.74 Å². The van der Waals surface area contributed by atoms with E-state index < -0.39 is 5.41 Å². The molecule has 1 aliphatic rings. The van der Waals surface area contributed by atoms with Crippen LogP contribution in [0.15, 0.2) is 40.8 Å². The molecule has 0 amide bonds. The van der Waals surface area contributed by atoms with Gasteiger partial charge in [0.2, 0.25) is 0 Å². The Balaban J connectivity index is 1.81. The van der Waals surface area contributed by atoms with Crippen molar-refractivity contribution in [2.45, 2.75) is 6.54 Å². The molecule has 0 aliphatic carbocycles. The maximum Gasteiger partial charge on any atom is 0.262 e. The molecule has 0 saturated carbocycles. The van der Waals surface area contributed by atoms with Crippen LogP contribution >= 0.6 is 11.3 Å². The van der Waals surface area contributed by atoms with E-state index in [2.05, 4.69) is 4.98 Å². The van der Waals surface area contributed by atoms with Gasteiger partial charge in [0.15, 0.2) is 0 Å². The molecule has 24 heavy (non-hydrogen) atoms. The number of aromatic nitrogens is 2. The van der Waals surface area contributed by atoms with Crippen LogP contribution in [0.25, 0.3) is 21.3 Å². The Labute approximate surface area is 141 Å². The zero-order valence-electron chi connectivity index (χ0n) is 12.7. The van der Waals surface area contributed by atoms with Crippen molar-refractivity contribution < 1.29 is 14.2 Å². The molecule has 1 aromatic carbocycles. The summed E-state index contributed by atoms with van der Waals surface area (Å²) >= 11 is 1.39. The lowest BCUT2D eigenvalue weighted by molar-refractivity contribution is -0.145. The molecule has 3 aromatic rings. The van der Waals surface area contributed by atoms with E-state index in [1.807, 2.05) is 5.38 Å². The molecule has 0 bridgehead atoms. The van der Waals surface area contributed by atoms with Crippen LogP contribution in [0, 0.1) is 11.2 Å². The number of halogens is 1. The fourth-order valence-electron chi connectivity index (χ4n) is 2.91. The van der Waals surface area contributed by atoms with Gasteiger partial charge in [0.05, 0.1) is 36.9 Å². The van der Waals surface area contributed by atoms with Crippen molar-refractivity contribution in [1.29, 1.82) is 0 Å². The second kappa shape index (κ2) is 5.77. The monoisotopic (exact) mass is 346 g/mol. The van der Waals surface area contributed by atoms with E-state index in [1.165, 1.54) is 34.4 Å². The van der Waals surface area contributed by atoms with Crippen LogP contribution in [0.5, 0.6) is 0 Å². The second-order valence-corrected chi connectivity index (χ2v) is 7.02. The highest BCUT2D eigenvalue weighted by Gasteiger charge is 2.38. The average Bonchev–Trinajstić information content (AvgIpc) is 2.98. The molecule has 1 fully saturated rings. The molecule has 0 spiro atoms. The molecule has 1 aliphatic heterocycles. The summed E-state index contributed by atoms with van der Waals surface area (Å²) < 4.78 is 19.9. The largest absolute Gasteiger partial charge is 0.396 e. The molecule has 7 heteroatoms. The van der Waals surface area contributed by atoms with Crippen molar-refractivity contribution in [3.63, 3.8) is 0 Å². The minimum atomic E-state index is -0.411. The summed E-state index contributed by atoms with van der Waals surface area (Å²) in [6.07, 6.45) is 1.52. The van der Waals surface area contributed by atoms with Crippen LogP contribution in [0.4, 0.5) is 4.39 Å². The van der Waals surface area contributed by atoms with Gasteiger partial charge < -0.3 is 9.84 Å². The number of fused-ring (bicyclic) bond motifs is 1. The highest BCUT2D eigenvalue weighted by atomic mass is 32.1. The molecule has 4 rings (SSSR count). The van der Waals surface area contributed by atoms with Crippen LogP contribution in [-0.4, -0.2) is 34.5 Å². The van der Waals surface area contributed by atoms with Gasteiger partial charge in [0.1, 0.15) is 10.6 Å². The molecule has 2 aromatic heterocycles. The Morgan fingerprint density at radius 3 is 2.71 bits per heavy atom. The lowest BCUT2D eigenvalue weighted by Crippen LogP contribution is -2.50. The standard InChI is InChI=1S/C17H15FN2O3S/c18-12-3-1-11(2-4-12)13-5-24-15-14(13)16(22)20(10-19-15)6-17(7-21)8-23-9-17/h1-5,10,21H,6-9H2. The third kappa shape index (κ3) is 2.45. The normalized spacial score (nSPS) is 16.2. The van der Waals surface area contributed by atoms with Crippen LogP contribution in [0.1, 0.15) is 0 Å². The molecule has 1 saturated heterocycles. The zero-order valence-corrected chi connectivity index (χ0v) is 13.6. The fraction of sp³-hybridized carbons (Fsp3) is 0.294. The first-order valence-electron chi connectivity index (χ1n) is 7.53. The highest BCUT2D eigenvalue weighted by molar-refractivity contribution is 7.17. The minimum Gasteiger partial charge on any atom is -0.396 e. The van der Waals surface area contributed by atoms with Gasteiger partial charge in [-0.15, -0.1) is 11.3 Å². The Morgan fingerprint density at radius 1 is 1.33 bits per heavy atom. The number of ether oxygens (including phenoxy) is 1. The summed E-state index contributed by atoms with van der Waals surface area (Å²) in [6.45, 7) is 1.20. The first-order valence-corrected chi connectivity index (χ1v) is 8.41. The highest BCUT2D eigenvalue weighted by Crippen LogP contribution is 2.32. The Hall–Kier alpha value is -2.09. The predicted octanol–water partition coefficient (Wildman–Crippen LogP) is 2.27. The van der Waals surface area contributed by atoms with Crippen LogP contribution in [-0.2, 0) is 11.3 Å². The van der Waals surface area contributed by atoms with Crippen molar-refractivity contribution in [3.05, 3.63) is 52.1 Å². The first-order chi connectivity index (χ1) is 11.6. The number of hydrogen-bond acceptors (Lipinski definition) is 5. The first kappa shape index (κ1) is 15.4. The van der Waals surface area contributed by atoms with E-state index >= 15 is 0 Å². The van der Waals surface area contributed by atoms with Gasteiger partial charge >= 0.3 is 0 Å². The molecule has 0 unspecified atom stereocenters. The molecule has 3 heterocycles. The van der Waals surface area contributed by atoms with E-state index in [-0.39, 0.29) is 18.0 Å². The third-order valence-corrected chi connectivity index (χ3v) is 5.26. The quantitative estimate of drug-likeness (QED) is 0.787.